The summed E-state index contributed by atoms with van der Waals surface area (Å²) >= 11 is 0. The quantitative estimate of drug-likeness (QED) is 0.733. The summed E-state index contributed by atoms with van der Waals surface area (Å²) in [5.74, 6) is 0.831. The molecule has 0 fully saturated rings. The Kier molecular flexibility index (Phi) is 4.35. The molecule has 81 valence electrons. The zero-order chi connectivity index (χ0) is 11.3. The van der Waals surface area contributed by atoms with Crippen molar-refractivity contribution in [2.75, 3.05) is 12.9 Å². The third-order valence-corrected chi connectivity index (χ3v) is 4.18. The van der Waals surface area contributed by atoms with Gasteiger partial charge in [0.05, 0.1) is 17.8 Å². The summed E-state index contributed by atoms with van der Waals surface area (Å²) in [7, 11) is 1.67. The third-order valence-electron chi connectivity index (χ3n) is 2.01. The number of hydrogen-bond donors (Lipinski definition) is 0. The Morgan fingerprint density at radius 1 is 1.27 bits per heavy atom. The van der Waals surface area contributed by atoms with Gasteiger partial charge in [-0.3, -0.25) is 0 Å². The maximum absolute atomic E-state index is 11.7. The Morgan fingerprint density at radius 2 is 1.87 bits per heavy atom. The van der Waals surface area contributed by atoms with Crippen molar-refractivity contribution in [2.45, 2.75) is 17.4 Å². The molecule has 5 heteroatoms. The number of methoxy groups -OCH3 is 1. The fourth-order valence-corrected chi connectivity index (χ4v) is 2.91. The van der Waals surface area contributed by atoms with Gasteiger partial charge >= 0.3 is 0 Å². The number of ether oxygens (including phenoxy) is 1. The molecule has 0 aliphatic carbocycles. The van der Waals surface area contributed by atoms with E-state index >= 15 is 0 Å². The van der Waals surface area contributed by atoms with Crippen LogP contribution in [-0.2, 0) is 9.84 Å². The number of rotatable bonds is 5. The molecular formula is C10H13O3SSi. The van der Waals surface area contributed by atoms with E-state index in [0.717, 1.165) is 0 Å². The Bertz CT molecular complexity index is 397. The molecule has 0 unspecified atom stereocenters. The van der Waals surface area contributed by atoms with Crippen LogP contribution in [0.1, 0.15) is 6.42 Å². The van der Waals surface area contributed by atoms with Crippen LogP contribution in [0.3, 0.4) is 0 Å². The SMILES string of the molecule is COc1ccc(S(=O)(=O)CCC[Si])cc1. The highest BCUT2D eigenvalue weighted by Crippen LogP contribution is 2.17. The van der Waals surface area contributed by atoms with Crippen LogP contribution in [0.2, 0.25) is 6.04 Å². The largest absolute Gasteiger partial charge is 0.497 e. The third kappa shape index (κ3) is 3.35. The second-order valence-corrected chi connectivity index (χ2v) is 5.71. The summed E-state index contributed by atoms with van der Waals surface area (Å²) in [5.41, 5.74) is 0. The van der Waals surface area contributed by atoms with Gasteiger partial charge in [0.1, 0.15) is 5.75 Å². The predicted molar refractivity (Wildman–Crippen MR) is 60.2 cm³/mol. The minimum absolute atomic E-state index is 0.169. The Balaban J connectivity index is 2.86. The van der Waals surface area contributed by atoms with Gasteiger partial charge in [0, 0.05) is 10.2 Å². The molecule has 1 aromatic carbocycles. The molecule has 0 aliphatic rings. The lowest BCUT2D eigenvalue weighted by atomic mass is 10.3. The van der Waals surface area contributed by atoms with Crippen molar-refractivity contribution in [3.8, 4) is 5.75 Å². The summed E-state index contributed by atoms with van der Waals surface area (Å²) in [4.78, 5) is 0.350. The molecule has 0 bridgehead atoms. The molecule has 3 nitrogen and oxygen atoms in total. The maximum atomic E-state index is 11.7. The average molecular weight is 241 g/mol. The summed E-state index contributed by atoms with van der Waals surface area (Å²) < 4.78 is 28.4. The first kappa shape index (κ1) is 12.3. The molecule has 0 amide bonds. The first-order chi connectivity index (χ1) is 7.10. The van der Waals surface area contributed by atoms with Gasteiger partial charge in [-0.05, 0) is 30.7 Å². The van der Waals surface area contributed by atoms with Crippen molar-refractivity contribution >= 4 is 20.1 Å². The minimum atomic E-state index is -3.13. The Labute approximate surface area is 93.8 Å². The van der Waals surface area contributed by atoms with Crippen LogP contribution >= 0.6 is 0 Å². The van der Waals surface area contributed by atoms with Gasteiger partial charge in [0.2, 0.25) is 0 Å². The van der Waals surface area contributed by atoms with E-state index in [1.54, 1.807) is 31.4 Å². The molecule has 1 aromatic rings. The monoisotopic (exact) mass is 241 g/mol. The average Bonchev–Trinajstić information content (AvgIpc) is 2.26. The van der Waals surface area contributed by atoms with Crippen LogP contribution in [-0.4, -0.2) is 31.5 Å². The lowest BCUT2D eigenvalue weighted by Gasteiger charge is -2.04. The summed E-state index contributed by atoms with van der Waals surface area (Å²) in [6, 6.07) is 7.14. The first-order valence-electron chi connectivity index (χ1n) is 4.61. The highest BCUT2D eigenvalue weighted by molar-refractivity contribution is 7.91. The van der Waals surface area contributed by atoms with E-state index in [9.17, 15) is 8.42 Å². The molecule has 0 saturated heterocycles. The molecule has 0 atom stereocenters. The van der Waals surface area contributed by atoms with Gasteiger partial charge in [-0.15, -0.1) is 0 Å². The first-order valence-corrected chi connectivity index (χ1v) is 6.97. The van der Waals surface area contributed by atoms with E-state index < -0.39 is 9.84 Å². The van der Waals surface area contributed by atoms with Crippen LogP contribution in [0.25, 0.3) is 0 Å². The number of benzene rings is 1. The van der Waals surface area contributed by atoms with Crippen molar-refractivity contribution in [3.63, 3.8) is 0 Å². The predicted octanol–water partition coefficient (Wildman–Crippen LogP) is 1.45. The van der Waals surface area contributed by atoms with E-state index in [4.69, 9.17) is 4.74 Å². The summed E-state index contributed by atoms with van der Waals surface area (Å²) in [5, 5.41) is 0. The molecule has 0 spiro atoms. The fourth-order valence-electron chi connectivity index (χ4n) is 1.16. The van der Waals surface area contributed by atoms with Gasteiger partial charge in [0.25, 0.3) is 0 Å². The second-order valence-electron chi connectivity index (χ2n) is 3.10. The van der Waals surface area contributed by atoms with E-state index in [1.165, 1.54) is 0 Å². The van der Waals surface area contributed by atoms with Crippen molar-refractivity contribution in [1.29, 1.82) is 0 Å². The van der Waals surface area contributed by atoms with Crippen molar-refractivity contribution < 1.29 is 13.2 Å². The van der Waals surface area contributed by atoms with E-state index in [1.807, 2.05) is 0 Å². The van der Waals surface area contributed by atoms with E-state index in [-0.39, 0.29) is 5.75 Å². The molecule has 0 N–H and O–H groups in total. The molecular weight excluding hydrogens is 228 g/mol. The zero-order valence-electron chi connectivity index (χ0n) is 8.56. The topological polar surface area (TPSA) is 43.4 Å². The van der Waals surface area contributed by atoms with Crippen molar-refractivity contribution in [3.05, 3.63) is 24.3 Å². The molecule has 0 saturated carbocycles. The van der Waals surface area contributed by atoms with Crippen LogP contribution in [0.4, 0.5) is 0 Å². The maximum Gasteiger partial charge on any atom is 0.178 e. The van der Waals surface area contributed by atoms with Gasteiger partial charge in [0.15, 0.2) is 9.84 Å². The fraction of sp³-hybridized carbons (Fsp3) is 0.400. The van der Waals surface area contributed by atoms with Crippen LogP contribution in [0, 0.1) is 0 Å². The van der Waals surface area contributed by atoms with Gasteiger partial charge in [-0.2, -0.15) is 0 Å². The van der Waals surface area contributed by atoms with Crippen LogP contribution in [0.5, 0.6) is 5.75 Å². The highest BCUT2D eigenvalue weighted by atomic mass is 32.2. The minimum Gasteiger partial charge on any atom is -0.497 e. The van der Waals surface area contributed by atoms with Crippen molar-refractivity contribution in [1.82, 2.24) is 0 Å². The highest BCUT2D eigenvalue weighted by Gasteiger charge is 2.12. The molecule has 1 rings (SSSR count). The van der Waals surface area contributed by atoms with Crippen LogP contribution in [0.15, 0.2) is 29.2 Å². The Morgan fingerprint density at radius 3 is 2.33 bits per heavy atom. The normalized spacial score (nSPS) is 11.3. The lowest BCUT2D eigenvalue weighted by molar-refractivity contribution is 0.414. The van der Waals surface area contributed by atoms with Gasteiger partial charge < -0.3 is 4.74 Å². The zero-order valence-corrected chi connectivity index (χ0v) is 10.4. The lowest BCUT2D eigenvalue weighted by Crippen LogP contribution is -2.06. The van der Waals surface area contributed by atoms with Gasteiger partial charge in [-0.25, -0.2) is 8.42 Å². The smallest absolute Gasteiger partial charge is 0.178 e. The number of sulfone groups is 1. The van der Waals surface area contributed by atoms with Gasteiger partial charge in [-0.1, -0.05) is 6.04 Å². The second kappa shape index (κ2) is 5.32. The standard InChI is InChI=1S/C10H13O3SSi/c1-13-9-3-5-10(6-4-9)14(11,12)7-2-8-15/h3-6H,2,7-8H2,1H3. The van der Waals surface area contributed by atoms with Crippen molar-refractivity contribution in [2.24, 2.45) is 0 Å². The molecule has 0 heterocycles. The molecule has 3 radical (unpaired) electrons. The Hall–Kier alpha value is -0.813. The van der Waals surface area contributed by atoms with E-state index in [2.05, 4.69) is 10.2 Å². The number of hydrogen-bond acceptors (Lipinski definition) is 3. The molecule has 0 aliphatic heterocycles. The molecule has 15 heavy (non-hydrogen) atoms. The summed E-state index contributed by atoms with van der Waals surface area (Å²) in [6.45, 7) is 0. The van der Waals surface area contributed by atoms with E-state index in [0.29, 0.717) is 23.1 Å². The summed E-state index contributed by atoms with van der Waals surface area (Å²) in [6.07, 6.45) is 0.616. The van der Waals surface area contributed by atoms with Crippen LogP contribution < -0.4 is 4.74 Å². The molecule has 0 aromatic heterocycles.